The van der Waals surface area contributed by atoms with Crippen molar-refractivity contribution in [1.82, 2.24) is 9.88 Å². The van der Waals surface area contributed by atoms with E-state index in [1.54, 1.807) is 25.4 Å². The summed E-state index contributed by atoms with van der Waals surface area (Å²) in [6.45, 7) is 3.74. The van der Waals surface area contributed by atoms with Gasteiger partial charge in [0.1, 0.15) is 6.04 Å². The zero-order valence-electron chi connectivity index (χ0n) is 14.5. The highest BCUT2D eigenvalue weighted by atomic mass is 32.2. The molecular weight excluding hydrogens is 379 g/mol. The van der Waals surface area contributed by atoms with Gasteiger partial charge in [0.15, 0.2) is 0 Å². The third-order valence-corrected chi connectivity index (χ3v) is 5.03. The molecule has 3 rings (SSSR count). The third-order valence-electron chi connectivity index (χ3n) is 4.29. The van der Waals surface area contributed by atoms with E-state index >= 15 is 0 Å². The number of halogens is 3. The van der Waals surface area contributed by atoms with E-state index in [1.165, 1.54) is 29.2 Å². The van der Waals surface area contributed by atoms with E-state index in [-0.39, 0.29) is 28.9 Å². The van der Waals surface area contributed by atoms with E-state index in [2.05, 4.69) is 4.98 Å². The number of aromatic nitrogens is 1. The predicted molar refractivity (Wildman–Crippen MR) is 95.2 cm³/mol. The molecule has 1 aromatic carbocycles. The number of thioether (sulfide) groups is 1. The Morgan fingerprint density at radius 1 is 1.15 bits per heavy atom. The minimum Gasteiger partial charge on any atom is -0.308 e. The van der Waals surface area contributed by atoms with E-state index in [0.717, 1.165) is 16.0 Å². The fourth-order valence-corrected chi connectivity index (χ4v) is 3.35. The first kappa shape index (κ1) is 19.2. The van der Waals surface area contributed by atoms with Crippen molar-refractivity contribution in [2.24, 2.45) is 0 Å². The van der Waals surface area contributed by atoms with Gasteiger partial charge in [-0.05, 0) is 67.1 Å². The number of hydrogen-bond acceptors (Lipinski definition) is 4. The minimum atomic E-state index is -4.39. The van der Waals surface area contributed by atoms with Gasteiger partial charge in [-0.25, -0.2) is 9.69 Å². The highest BCUT2D eigenvalue weighted by molar-refractivity contribution is 8.00. The minimum absolute atomic E-state index is 0.0114. The number of pyridine rings is 1. The average Bonchev–Trinajstić information content (AvgIpc) is 2.80. The lowest BCUT2D eigenvalue weighted by atomic mass is 10.1. The van der Waals surface area contributed by atoms with E-state index in [9.17, 15) is 22.8 Å². The van der Waals surface area contributed by atoms with Crippen LogP contribution in [0, 0.1) is 6.92 Å². The van der Waals surface area contributed by atoms with Crippen LogP contribution in [0.1, 0.15) is 18.1 Å². The maximum Gasteiger partial charge on any atom is 0.446 e. The molecule has 0 radical (unpaired) electrons. The molecule has 0 saturated carbocycles. The van der Waals surface area contributed by atoms with Crippen LogP contribution in [-0.4, -0.2) is 33.4 Å². The van der Waals surface area contributed by atoms with Gasteiger partial charge >= 0.3 is 11.5 Å². The molecule has 1 aliphatic heterocycles. The first-order valence-corrected chi connectivity index (χ1v) is 8.89. The van der Waals surface area contributed by atoms with Crippen molar-refractivity contribution in [2.45, 2.75) is 36.8 Å². The van der Waals surface area contributed by atoms with Crippen molar-refractivity contribution in [3.05, 3.63) is 53.9 Å². The molecule has 1 saturated heterocycles. The monoisotopic (exact) mass is 395 g/mol. The largest absolute Gasteiger partial charge is 0.446 e. The van der Waals surface area contributed by atoms with E-state index in [0.29, 0.717) is 0 Å². The molecule has 0 bridgehead atoms. The highest BCUT2D eigenvalue weighted by Crippen LogP contribution is 2.38. The second kappa shape index (κ2) is 7.22. The van der Waals surface area contributed by atoms with Gasteiger partial charge in [-0.3, -0.25) is 9.78 Å². The number of hydrogen-bond donors (Lipinski definition) is 0. The number of benzene rings is 1. The fraction of sp³-hybridized carbons (Fsp3) is 0.278. The number of amides is 3. The molecule has 1 fully saturated rings. The lowest BCUT2D eigenvalue weighted by Gasteiger charge is -2.20. The van der Waals surface area contributed by atoms with Gasteiger partial charge < -0.3 is 4.90 Å². The zero-order valence-corrected chi connectivity index (χ0v) is 15.3. The second-order valence-corrected chi connectivity index (χ2v) is 7.24. The highest BCUT2D eigenvalue weighted by Gasteiger charge is 2.43. The summed E-state index contributed by atoms with van der Waals surface area (Å²) in [6, 6.07) is 5.79. The van der Waals surface area contributed by atoms with E-state index in [1.807, 2.05) is 6.92 Å². The number of anilines is 1. The van der Waals surface area contributed by atoms with Crippen molar-refractivity contribution < 1.29 is 22.8 Å². The normalized spacial score (nSPS) is 17.7. The van der Waals surface area contributed by atoms with Gasteiger partial charge in [-0.15, -0.1) is 0 Å². The molecule has 2 aromatic rings. The summed E-state index contributed by atoms with van der Waals surface area (Å²) in [6.07, 6.45) is 3.29. The lowest BCUT2D eigenvalue weighted by Crippen LogP contribution is -2.33. The van der Waals surface area contributed by atoms with Crippen LogP contribution in [0.25, 0.3) is 0 Å². The van der Waals surface area contributed by atoms with Gasteiger partial charge in [0.05, 0.1) is 5.69 Å². The number of carbonyl (C=O) groups excluding carboxylic acids is 2. The summed E-state index contributed by atoms with van der Waals surface area (Å²) < 4.78 is 37.3. The summed E-state index contributed by atoms with van der Waals surface area (Å²) in [4.78, 5) is 31.8. The van der Waals surface area contributed by atoms with Crippen molar-refractivity contribution in [3.63, 3.8) is 0 Å². The molecule has 2 heterocycles. The molecule has 0 N–H and O–H groups in total. The van der Waals surface area contributed by atoms with Crippen LogP contribution >= 0.6 is 11.8 Å². The number of carbonyl (C=O) groups is 2. The Bertz CT molecular complexity index is 871. The van der Waals surface area contributed by atoms with Crippen LogP contribution in [0.4, 0.5) is 23.7 Å². The number of nitrogens with zero attached hydrogens (tertiary/aromatic N) is 3. The van der Waals surface area contributed by atoms with Crippen molar-refractivity contribution in [2.75, 3.05) is 4.90 Å². The summed E-state index contributed by atoms with van der Waals surface area (Å²) in [5.41, 5.74) is -2.37. The second-order valence-electron chi connectivity index (χ2n) is 6.10. The Kier molecular flexibility index (Phi) is 5.14. The number of urea groups is 1. The number of alkyl halides is 3. The quantitative estimate of drug-likeness (QED) is 0.570. The van der Waals surface area contributed by atoms with Crippen molar-refractivity contribution in [1.29, 1.82) is 0 Å². The topological polar surface area (TPSA) is 53.5 Å². The molecule has 9 heteroatoms. The predicted octanol–water partition coefficient (Wildman–Crippen LogP) is 4.36. The fourth-order valence-electron chi connectivity index (χ4n) is 2.81. The molecule has 1 aliphatic rings. The van der Waals surface area contributed by atoms with Gasteiger partial charge in [0.2, 0.25) is 0 Å². The van der Waals surface area contributed by atoms with Crippen LogP contribution in [0.5, 0.6) is 0 Å². The first-order valence-electron chi connectivity index (χ1n) is 8.07. The first-order chi connectivity index (χ1) is 12.7. The van der Waals surface area contributed by atoms with Crippen molar-refractivity contribution >= 4 is 29.4 Å². The summed E-state index contributed by atoms with van der Waals surface area (Å²) in [5, 5.41) is 0. The Morgan fingerprint density at radius 3 is 2.41 bits per heavy atom. The van der Waals surface area contributed by atoms with Crippen LogP contribution in [0.3, 0.4) is 0 Å². The Hall–Kier alpha value is -2.55. The maximum absolute atomic E-state index is 12.8. The molecule has 3 amide bonds. The molecule has 0 unspecified atom stereocenters. The van der Waals surface area contributed by atoms with Gasteiger partial charge in [-0.2, -0.15) is 13.2 Å². The third kappa shape index (κ3) is 4.08. The SMILES string of the molecule is Cc1cnccc1CN1C(=O)N(c2ccc(SC(F)(F)F)cc2)C(=O)[C@@H]1C. The molecule has 142 valence electrons. The standard InChI is InChI=1S/C18H16F3N3O2S/c1-11-9-22-8-7-13(11)10-23-12(2)16(25)24(17(23)26)14-3-5-15(6-4-14)27-18(19,20)21/h3-9,12H,10H2,1-2H3/t12-/m0/s1. The Labute approximate surface area is 158 Å². The lowest BCUT2D eigenvalue weighted by molar-refractivity contribution is -0.119. The molecule has 1 atom stereocenters. The summed E-state index contributed by atoms with van der Waals surface area (Å²) in [5.74, 6) is -0.414. The summed E-state index contributed by atoms with van der Waals surface area (Å²) in [7, 11) is 0. The van der Waals surface area contributed by atoms with E-state index in [4.69, 9.17) is 0 Å². The van der Waals surface area contributed by atoms with Gasteiger partial charge in [0, 0.05) is 23.8 Å². The van der Waals surface area contributed by atoms with Crippen molar-refractivity contribution in [3.8, 4) is 0 Å². The van der Waals surface area contributed by atoms with Crippen LogP contribution < -0.4 is 4.90 Å². The molecule has 0 spiro atoms. The number of imide groups is 1. The van der Waals surface area contributed by atoms with Crippen LogP contribution in [0.15, 0.2) is 47.6 Å². The molecule has 0 aliphatic carbocycles. The molecule has 27 heavy (non-hydrogen) atoms. The molecule has 1 aromatic heterocycles. The smallest absolute Gasteiger partial charge is 0.308 e. The number of rotatable bonds is 4. The molecular formula is C18H16F3N3O2S. The Morgan fingerprint density at radius 2 is 1.81 bits per heavy atom. The Balaban J connectivity index is 1.82. The number of aryl methyl sites for hydroxylation is 1. The van der Waals surface area contributed by atoms with E-state index < -0.39 is 23.5 Å². The van der Waals surface area contributed by atoms with Crippen LogP contribution in [0.2, 0.25) is 0 Å². The van der Waals surface area contributed by atoms with Gasteiger partial charge in [0.25, 0.3) is 5.91 Å². The zero-order chi connectivity index (χ0) is 19.8. The van der Waals surface area contributed by atoms with Crippen LogP contribution in [-0.2, 0) is 11.3 Å². The van der Waals surface area contributed by atoms with Gasteiger partial charge in [-0.1, -0.05) is 0 Å². The molecule has 5 nitrogen and oxygen atoms in total. The maximum atomic E-state index is 12.8. The summed E-state index contributed by atoms with van der Waals surface area (Å²) >= 11 is -0.247. The average molecular weight is 395 g/mol.